The highest BCUT2D eigenvalue weighted by atomic mass is 16.5. The van der Waals surface area contributed by atoms with Crippen LogP contribution in [-0.2, 0) is 11.2 Å². The first-order chi connectivity index (χ1) is 12.7. The lowest BCUT2D eigenvalue weighted by atomic mass is 10.0. The van der Waals surface area contributed by atoms with Crippen molar-refractivity contribution in [3.8, 4) is 5.75 Å². The highest BCUT2D eigenvalue weighted by Gasteiger charge is 2.46. The minimum atomic E-state index is -0.208. The predicted octanol–water partition coefficient (Wildman–Crippen LogP) is 1.95. The van der Waals surface area contributed by atoms with Gasteiger partial charge in [-0.3, -0.25) is 9.69 Å². The van der Waals surface area contributed by atoms with E-state index >= 15 is 0 Å². The molecule has 1 aromatic carbocycles. The Morgan fingerprint density at radius 1 is 1.19 bits per heavy atom. The monoisotopic (exact) mass is 355 g/mol. The van der Waals surface area contributed by atoms with Crippen LogP contribution >= 0.6 is 0 Å². The van der Waals surface area contributed by atoms with Gasteiger partial charge in [-0.1, -0.05) is 30.4 Å². The molecule has 26 heavy (non-hydrogen) atoms. The zero-order valence-corrected chi connectivity index (χ0v) is 14.9. The van der Waals surface area contributed by atoms with Gasteiger partial charge >= 0.3 is 6.03 Å². The van der Waals surface area contributed by atoms with E-state index in [1.165, 1.54) is 10.5 Å². The van der Waals surface area contributed by atoms with Crippen molar-refractivity contribution in [2.45, 2.75) is 37.8 Å². The second kappa shape index (κ2) is 7.50. The molecule has 3 heterocycles. The lowest BCUT2D eigenvalue weighted by Gasteiger charge is -2.26. The average Bonchev–Trinajstić information content (AvgIpc) is 3.23. The fraction of sp³-hybridized carbons (Fsp3) is 0.500. The van der Waals surface area contributed by atoms with Gasteiger partial charge in [0.2, 0.25) is 0 Å². The van der Waals surface area contributed by atoms with E-state index in [0.29, 0.717) is 19.6 Å². The number of carbonyl (C=O) groups is 2. The molecule has 0 aromatic heterocycles. The molecule has 3 amide bonds. The number of fused-ring (bicyclic) bond motifs is 2. The number of hydrogen-bond acceptors (Lipinski definition) is 4. The van der Waals surface area contributed by atoms with E-state index in [4.69, 9.17) is 4.74 Å². The number of ether oxygens (including phenoxy) is 1. The van der Waals surface area contributed by atoms with Crippen molar-refractivity contribution >= 4 is 11.9 Å². The average molecular weight is 355 g/mol. The fourth-order valence-electron chi connectivity index (χ4n) is 3.96. The van der Waals surface area contributed by atoms with Gasteiger partial charge in [0.15, 0.2) is 0 Å². The maximum atomic E-state index is 12.2. The first-order valence-corrected chi connectivity index (χ1v) is 9.46. The van der Waals surface area contributed by atoms with Gasteiger partial charge in [0.25, 0.3) is 5.91 Å². The van der Waals surface area contributed by atoms with E-state index in [0.717, 1.165) is 38.0 Å². The lowest BCUT2D eigenvalue weighted by Crippen LogP contribution is -2.34. The van der Waals surface area contributed by atoms with Crippen LogP contribution in [0.4, 0.5) is 4.79 Å². The first-order valence-electron chi connectivity index (χ1n) is 9.46. The Morgan fingerprint density at radius 2 is 2.08 bits per heavy atom. The normalized spacial score (nSPS) is 24.9. The fourth-order valence-corrected chi connectivity index (χ4v) is 3.96. The smallest absolute Gasteiger partial charge is 0.327 e. The van der Waals surface area contributed by atoms with Crippen LogP contribution in [-0.4, -0.2) is 60.1 Å². The second-order valence-electron chi connectivity index (χ2n) is 7.10. The molecule has 0 bridgehead atoms. The van der Waals surface area contributed by atoms with Crippen LogP contribution in [0.15, 0.2) is 36.4 Å². The molecule has 138 valence electrons. The summed E-state index contributed by atoms with van der Waals surface area (Å²) in [5.41, 5.74) is 1.28. The minimum Gasteiger partial charge on any atom is -0.489 e. The lowest BCUT2D eigenvalue weighted by molar-refractivity contribution is -0.127. The van der Waals surface area contributed by atoms with E-state index in [-0.39, 0.29) is 24.1 Å². The number of urea groups is 1. The van der Waals surface area contributed by atoms with E-state index < -0.39 is 0 Å². The quantitative estimate of drug-likeness (QED) is 0.481. The summed E-state index contributed by atoms with van der Waals surface area (Å²) in [6.45, 7) is 2.56. The SMILES string of the molecule is O=C1C2CCCN2C(=O)N1C/C=C/CNCC1CCc2ccccc2O1. The van der Waals surface area contributed by atoms with Crippen LogP contribution < -0.4 is 10.1 Å². The molecule has 2 fully saturated rings. The number of benzene rings is 1. The van der Waals surface area contributed by atoms with Gasteiger partial charge in [0.05, 0.1) is 0 Å². The molecule has 2 unspecified atom stereocenters. The third-order valence-corrected chi connectivity index (χ3v) is 5.37. The number of hydrogen-bond donors (Lipinski definition) is 1. The van der Waals surface area contributed by atoms with E-state index in [2.05, 4.69) is 11.4 Å². The van der Waals surface area contributed by atoms with Crippen LogP contribution in [0.3, 0.4) is 0 Å². The maximum Gasteiger partial charge on any atom is 0.327 e. The number of aryl methyl sites for hydroxylation is 1. The van der Waals surface area contributed by atoms with Crippen molar-refractivity contribution in [3.05, 3.63) is 42.0 Å². The standard InChI is InChI=1S/C20H25N3O3/c24-19-17-7-5-13-22(17)20(25)23(19)12-4-3-11-21-14-16-10-9-15-6-1-2-8-18(15)26-16/h1-4,6,8,16-17,21H,5,7,9-14H2/b4-3+. The van der Waals surface area contributed by atoms with Gasteiger partial charge in [-0.25, -0.2) is 4.79 Å². The molecule has 0 spiro atoms. The Morgan fingerprint density at radius 3 is 2.96 bits per heavy atom. The largest absolute Gasteiger partial charge is 0.489 e. The summed E-state index contributed by atoms with van der Waals surface area (Å²) in [6, 6.07) is 7.85. The van der Waals surface area contributed by atoms with Gasteiger partial charge in [0, 0.05) is 26.2 Å². The molecular formula is C20H25N3O3. The molecule has 4 rings (SSSR count). The molecule has 6 nitrogen and oxygen atoms in total. The van der Waals surface area contributed by atoms with Crippen molar-refractivity contribution in [1.82, 2.24) is 15.1 Å². The van der Waals surface area contributed by atoms with Crippen LogP contribution in [0.1, 0.15) is 24.8 Å². The Kier molecular flexibility index (Phi) is 4.93. The van der Waals surface area contributed by atoms with Crippen LogP contribution in [0.5, 0.6) is 5.75 Å². The highest BCUT2D eigenvalue weighted by Crippen LogP contribution is 2.27. The second-order valence-corrected chi connectivity index (χ2v) is 7.10. The number of rotatable bonds is 6. The molecule has 2 saturated heterocycles. The number of amides is 3. The third-order valence-electron chi connectivity index (χ3n) is 5.37. The van der Waals surface area contributed by atoms with E-state index in [9.17, 15) is 9.59 Å². The summed E-state index contributed by atoms with van der Waals surface area (Å²) in [7, 11) is 0. The minimum absolute atomic E-state index is 0.0422. The van der Waals surface area contributed by atoms with Crippen molar-refractivity contribution in [1.29, 1.82) is 0 Å². The maximum absolute atomic E-state index is 12.2. The Labute approximate surface area is 153 Å². The molecule has 3 aliphatic rings. The van der Waals surface area contributed by atoms with Gasteiger partial charge in [-0.2, -0.15) is 0 Å². The number of nitrogens with zero attached hydrogens (tertiary/aromatic N) is 2. The first kappa shape index (κ1) is 17.1. The molecule has 0 radical (unpaired) electrons. The summed E-state index contributed by atoms with van der Waals surface area (Å²) < 4.78 is 6.00. The summed E-state index contributed by atoms with van der Waals surface area (Å²) in [4.78, 5) is 27.5. The zero-order valence-electron chi connectivity index (χ0n) is 14.9. The molecule has 0 saturated carbocycles. The number of imide groups is 1. The molecule has 3 aliphatic heterocycles. The van der Waals surface area contributed by atoms with Crippen molar-refractivity contribution < 1.29 is 14.3 Å². The third kappa shape index (κ3) is 3.33. The topological polar surface area (TPSA) is 61.9 Å². The molecule has 6 heteroatoms. The Bertz CT molecular complexity index is 696. The van der Waals surface area contributed by atoms with Crippen LogP contribution in [0.25, 0.3) is 0 Å². The Hall–Kier alpha value is -2.34. The summed E-state index contributed by atoms with van der Waals surface area (Å²) in [5.74, 6) is 0.951. The zero-order chi connectivity index (χ0) is 17.9. The van der Waals surface area contributed by atoms with Gasteiger partial charge in [0.1, 0.15) is 17.9 Å². The van der Waals surface area contributed by atoms with Gasteiger partial charge < -0.3 is 15.0 Å². The summed E-state index contributed by atoms with van der Waals surface area (Å²) in [6.07, 6.45) is 7.85. The number of para-hydroxylation sites is 1. The molecule has 0 aliphatic carbocycles. The molecule has 1 N–H and O–H groups in total. The summed E-state index contributed by atoms with van der Waals surface area (Å²) in [5, 5.41) is 3.36. The van der Waals surface area contributed by atoms with Crippen LogP contribution in [0.2, 0.25) is 0 Å². The van der Waals surface area contributed by atoms with Crippen molar-refractivity contribution in [2.75, 3.05) is 26.2 Å². The van der Waals surface area contributed by atoms with Crippen LogP contribution in [0, 0.1) is 0 Å². The molecular weight excluding hydrogens is 330 g/mol. The highest BCUT2D eigenvalue weighted by molar-refractivity contribution is 6.04. The van der Waals surface area contributed by atoms with Crippen molar-refractivity contribution in [2.24, 2.45) is 0 Å². The van der Waals surface area contributed by atoms with Gasteiger partial charge in [-0.15, -0.1) is 0 Å². The molecule has 2 atom stereocenters. The van der Waals surface area contributed by atoms with E-state index in [1.807, 2.05) is 30.4 Å². The Balaban J connectivity index is 1.18. The number of carbonyl (C=O) groups excluding carboxylic acids is 2. The summed E-state index contributed by atoms with van der Waals surface area (Å²) >= 11 is 0. The van der Waals surface area contributed by atoms with E-state index in [1.54, 1.807) is 4.90 Å². The number of nitrogens with one attached hydrogen (secondary N) is 1. The van der Waals surface area contributed by atoms with Gasteiger partial charge in [-0.05, 0) is 37.3 Å². The molecule has 1 aromatic rings. The van der Waals surface area contributed by atoms with Crippen molar-refractivity contribution in [3.63, 3.8) is 0 Å². The predicted molar refractivity (Wildman–Crippen MR) is 98.0 cm³/mol.